The Balaban J connectivity index is 1.83. The Morgan fingerprint density at radius 2 is 1.60 bits per heavy atom. The number of para-hydroxylation sites is 1. The van der Waals surface area contributed by atoms with Gasteiger partial charge >= 0.3 is 0 Å². The molecule has 0 saturated carbocycles. The van der Waals surface area contributed by atoms with Crippen LogP contribution in [0.2, 0.25) is 0 Å². The van der Waals surface area contributed by atoms with E-state index in [1.165, 1.54) is 21.9 Å². The molecule has 1 unspecified atom stereocenters. The van der Waals surface area contributed by atoms with Crippen molar-refractivity contribution < 1.29 is 4.74 Å². The van der Waals surface area contributed by atoms with Crippen LogP contribution in [0, 0.1) is 0 Å². The van der Waals surface area contributed by atoms with E-state index in [4.69, 9.17) is 4.74 Å². The number of fused-ring (bicyclic) bond motifs is 1. The van der Waals surface area contributed by atoms with Crippen LogP contribution in [0.3, 0.4) is 0 Å². The second-order valence-corrected chi connectivity index (χ2v) is 6.54. The van der Waals surface area contributed by atoms with Crippen LogP contribution in [0.25, 0.3) is 10.8 Å². The molecule has 0 aliphatic carbocycles. The first-order valence-corrected chi connectivity index (χ1v) is 8.93. The van der Waals surface area contributed by atoms with Crippen LogP contribution in [0.5, 0.6) is 5.75 Å². The van der Waals surface area contributed by atoms with Gasteiger partial charge in [0.25, 0.3) is 0 Å². The van der Waals surface area contributed by atoms with Crippen LogP contribution in [0.4, 0.5) is 0 Å². The number of piperazine rings is 1. The van der Waals surface area contributed by atoms with Crippen molar-refractivity contribution in [3.8, 4) is 5.75 Å². The van der Waals surface area contributed by atoms with Gasteiger partial charge in [0.1, 0.15) is 5.75 Å². The van der Waals surface area contributed by atoms with Gasteiger partial charge in [-0.2, -0.15) is 0 Å². The highest BCUT2D eigenvalue weighted by molar-refractivity contribution is 5.83. The SMILES string of the molecule is COc1ccccc1C(c1ccc2ccccc2c1)N1CCNCC1. The van der Waals surface area contributed by atoms with E-state index in [2.05, 4.69) is 70.9 Å². The molecule has 3 nitrogen and oxygen atoms in total. The van der Waals surface area contributed by atoms with Gasteiger partial charge in [0.15, 0.2) is 0 Å². The molecule has 3 heteroatoms. The third kappa shape index (κ3) is 3.26. The van der Waals surface area contributed by atoms with E-state index in [1.54, 1.807) is 7.11 Å². The number of ether oxygens (including phenoxy) is 1. The van der Waals surface area contributed by atoms with Crippen molar-refractivity contribution in [3.05, 3.63) is 77.9 Å². The number of hydrogen-bond donors (Lipinski definition) is 1. The summed E-state index contributed by atoms with van der Waals surface area (Å²) in [7, 11) is 1.76. The van der Waals surface area contributed by atoms with E-state index in [9.17, 15) is 0 Å². The largest absolute Gasteiger partial charge is 0.496 e. The number of hydrogen-bond acceptors (Lipinski definition) is 3. The van der Waals surface area contributed by atoms with Crippen LogP contribution in [-0.4, -0.2) is 38.2 Å². The number of nitrogens with zero attached hydrogens (tertiary/aromatic N) is 1. The van der Waals surface area contributed by atoms with Gasteiger partial charge in [-0.3, -0.25) is 4.90 Å². The molecule has 3 aromatic carbocycles. The summed E-state index contributed by atoms with van der Waals surface area (Å²) in [6.07, 6.45) is 0. The Bertz CT molecular complexity index is 855. The van der Waals surface area contributed by atoms with Gasteiger partial charge < -0.3 is 10.1 Å². The van der Waals surface area contributed by atoms with Crippen molar-refractivity contribution in [2.75, 3.05) is 33.3 Å². The lowest BCUT2D eigenvalue weighted by molar-refractivity contribution is 0.195. The monoisotopic (exact) mass is 332 g/mol. The van der Waals surface area contributed by atoms with E-state index < -0.39 is 0 Å². The smallest absolute Gasteiger partial charge is 0.123 e. The summed E-state index contributed by atoms with van der Waals surface area (Å²) < 4.78 is 5.68. The van der Waals surface area contributed by atoms with Gasteiger partial charge in [0.05, 0.1) is 13.2 Å². The minimum absolute atomic E-state index is 0.211. The molecule has 0 spiro atoms. The maximum atomic E-state index is 5.68. The highest BCUT2D eigenvalue weighted by atomic mass is 16.5. The molecular weight excluding hydrogens is 308 g/mol. The summed E-state index contributed by atoms with van der Waals surface area (Å²) in [5.74, 6) is 0.958. The highest BCUT2D eigenvalue weighted by Gasteiger charge is 2.26. The van der Waals surface area contributed by atoms with Crippen LogP contribution in [0.15, 0.2) is 66.7 Å². The molecule has 1 aliphatic heterocycles. The molecule has 1 fully saturated rings. The minimum Gasteiger partial charge on any atom is -0.496 e. The van der Waals surface area contributed by atoms with Gasteiger partial charge in [-0.05, 0) is 28.5 Å². The van der Waals surface area contributed by atoms with Gasteiger partial charge in [0, 0.05) is 31.7 Å². The maximum Gasteiger partial charge on any atom is 0.123 e. The molecule has 1 heterocycles. The van der Waals surface area contributed by atoms with Crippen molar-refractivity contribution in [1.82, 2.24) is 10.2 Å². The van der Waals surface area contributed by atoms with Crippen LogP contribution in [0.1, 0.15) is 17.2 Å². The second kappa shape index (κ2) is 7.26. The first-order chi connectivity index (χ1) is 12.4. The first-order valence-electron chi connectivity index (χ1n) is 8.93. The summed E-state index contributed by atoms with van der Waals surface area (Å²) >= 11 is 0. The maximum absolute atomic E-state index is 5.68. The normalized spacial score (nSPS) is 16.7. The Morgan fingerprint density at radius 3 is 2.40 bits per heavy atom. The van der Waals surface area contributed by atoms with E-state index >= 15 is 0 Å². The van der Waals surface area contributed by atoms with Crippen LogP contribution in [-0.2, 0) is 0 Å². The molecular formula is C22H24N2O. The van der Waals surface area contributed by atoms with Crippen molar-refractivity contribution in [3.63, 3.8) is 0 Å². The van der Waals surface area contributed by atoms with Crippen molar-refractivity contribution >= 4 is 10.8 Å². The Morgan fingerprint density at radius 1 is 0.880 bits per heavy atom. The minimum atomic E-state index is 0.211. The molecule has 4 rings (SSSR count). The molecule has 0 amide bonds. The Labute approximate surface area is 149 Å². The average Bonchev–Trinajstić information content (AvgIpc) is 2.69. The van der Waals surface area contributed by atoms with Gasteiger partial charge in [-0.15, -0.1) is 0 Å². The molecule has 1 N–H and O–H groups in total. The quantitative estimate of drug-likeness (QED) is 0.785. The zero-order chi connectivity index (χ0) is 17.1. The predicted molar refractivity (Wildman–Crippen MR) is 103 cm³/mol. The fourth-order valence-corrected chi connectivity index (χ4v) is 3.80. The second-order valence-electron chi connectivity index (χ2n) is 6.54. The van der Waals surface area contributed by atoms with Gasteiger partial charge in [0.2, 0.25) is 0 Å². The fraction of sp³-hybridized carbons (Fsp3) is 0.273. The summed E-state index contributed by atoms with van der Waals surface area (Å²) in [5, 5.41) is 6.03. The molecule has 0 radical (unpaired) electrons. The molecule has 1 aliphatic rings. The van der Waals surface area contributed by atoms with Gasteiger partial charge in [-0.25, -0.2) is 0 Å². The average molecular weight is 332 g/mol. The molecule has 1 atom stereocenters. The Hall–Kier alpha value is -2.36. The van der Waals surface area contributed by atoms with Crippen LogP contribution >= 0.6 is 0 Å². The zero-order valence-corrected chi connectivity index (χ0v) is 14.6. The van der Waals surface area contributed by atoms with E-state index in [1.807, 2.05) is 6.07 Å². The zero-order valence-electron chi connectivity index (χ0n) is 14.6. The van der Waals surface area contributed by atoms with Crippen molar-refractivity contribution in [2.24, 2.45) is 0 Å². The van der Waals surface area contributed by atoms with Crippen molar-refractivity contribution in [2.45, 2.75) is 6.04 Å². The molecule has 128 valence electrons. The summed E-state index contributed by atoms with van der Waals surface area (Å²) in [6.45, 7) is 4.13. The molecule has 25 heavy (non-hydrogen) atoms. The molecule has 0 bridgehead atoms. The Kier molecular flexibility index (Phi) is 4.68. The molecule has 0 aromatic heterocycles. The third-order valence-electron chi connectivity index (χ3n) is 5.04. The number of methoxy groups -OCH3 is 1. The first kappa shape index (κ1) is 16.1. The lowest BCUT2D eigenvalue weighted by Gasteiger charge is -2.36. The van der Waals surface area contributed by atoms with E-state index in [0.717, 1.165) is 31.9 Å². The number of benzene rings is 3. The lowest BCUT2D eigenvalue weighted by Crippen LogP contribution is -2.45. The fourth-order valence-electron chi connectivity index (χ4n) is 3.80. The van der Waals surface area contributed by atoms with Crippen molar-refractivity contribution in [1.29, 1.82) is 0 Å². The number of nitrogens with one attached hydrogen (secondary N) is 1. The topological polar surface area (TPSA) is 24.5 Å². The van der Waals surface area contributed by atoms with E-state index in [0.29, 0.717) is 0 Å². The van der Waals surface area contributed by atoms with E-state index in [-0.39, 0.29) is 6.04 Å². The van der Waals surface area contributed by atoms with Gasteiger partial charge in [-0.1, -0.05) is 54.6 Å². The summed E-state index contributed by atoms with van der Waals surface area (Å²) in [4.78, 5) is 2.55. The standard InChI is InChI=1S/C22H24N2O/c1-25-21-9-5-4-8-20(21)22(24-14-12-23-13-15-24)19-11-10-17-6-2-3-7-18(17)16-19/h2-11,16,22-23H,12-15H2,1H3. The molecule has 3 aromatic rings. The van der Waals surface area contributed by atoms with Crippen LogP contribution < -0.4 is 10.1 Å². The lowest BCUT2D eigenvalue weighted by atomic mass is 9.93. The highest BCUT2D eigenvalue weighted by Crippen LogP contribution is 2.35. The predicted octanol–water partition coefficient (Wildman–Crippen LogP) is 3.84. The summed E-state index contributed by atoms with van der Waals surface area (Å²) in [6, 6.07) is 24.0. The summed E-state index contributed by atoms with van der Waals surface area (Å²) in [5.41, 5.74) is 2.56. The molecule has 1 saturated heterocycles. The number of rotatable bonds is 4. The third-order valence-corrected chi connectivity index (χ3v) is 5.04.